The van der Waals surface area contributed by atoms with Gasteiger partial charge in [0.15, 0.2) is 9.84 Å². The maximum Gasteiger partial charge on any atom is 0.238 e. The summed E-state index contributed by atoms with van der Waals surface area (Å²) in [7, 11) is -2.02. The second kappa shape index (κ2) is 9.07. The predicted octanol–water partition coefficient (Wildman–Crippen LogP) is 2.63. The van der Waals surface area contributed by atoms with Crippen LogP contribution >= 0.6 is 11.6 Å². The Balaban J connectivity index is 1.98. The Hall–Kier alpha value is -2.65. The standard InChI is InChI=1S/C22H26ClN3O5S/c1-14(2)15-7-5-6-8-16(15)22(12-26(13-22)20(27)11-32(4,29)30)21(28)25-17-10-24-19(23)9-18(17)31-3/h5-10,14H,11-13H2,1-4H3,(H,25,28). The number of ether oxygens (including phenoxy) is 1. The van der Waals surface area contributed by atoms with E-state index in [1.807, 2.05) is 38.1 Å². The van der Waals surface area contributed by atoms with Crippen LogP contribution in [-0.2, 0) is 24.8 Å². The number of nitrogens with zero attached hydrogens (tertiary/aromatic N) is 2. The van der Waals surface area contributed by atoms with Crippen molar-refractivity contribution in [2.24, 2.45) is 0 Å². The number of amides is 2. The summed E-state index contributed by atoms with van der Waals surface area (Å²) in [6.45, 7) is 4.20. The van der Waals surface area contributed by atoms with Crippen molar-refractivity contribution in [2.45, 2.75) is 25.2 Å². The van der Waals surface area contributed by atoms with Crippen LogP contribution in [0.25, 0.3) is 0 Å². The molecule has 8 nitrogen and oxygen atoms in total. The van der Waals surface area contributed by atoms with Gasteiger partial charge in [0.25, 0.3) is 0 Å². The van der Waals surface area contributed by atoms with Crippen LogP contribution in [0.5, 0.6) is 5.75 Å². The minimum Gasteiger partial charge on any atom is -0.494 e. The van der Waals surface area contributed by atoms with Crippen molar-refractivity contribution in [2.75, 3.05) is 37.5 Å². The van der Waals surface area contributed by atoms with Gasteiger partial charge in [-0.3, -0.25) is 9.59 Å². The summed E-state index contributed by atoms with van der Waals surface area (Å²) >= 11 is 5.92. The van der Waals surface area contributed by atoms with Gasteiger partial charge in [0.2, 0.25) is 11.8 Å². The average molecular weight is 480 g/mol. The lowest BCUT2D eigenvalue weighted by molar-refractivity contribution is -0.141. The highest BCUT2D eigenvalue weighted by Gasteiger charge is 2.53. The first kappa shape index (κ1) is 24.0. The molecule has 1 N–H and O–H groups in total. The summed E-state index contributed by atoms with van der Waals surface area (Å²) in [5.74, 6) is -0.954. The molecule has 3 rings (SSSR count). The summed E-state index contributed by atoms with van der Waals surface area (Å²) in [6.07, 6.45) is 2.42. The van der Waals surface area contributed by atoms with Gasteiger partial charge in [0.1, 0.15) is 27.8 Å². The number of carbonyl (C=O) groups is 2. The average Bonchev–Trinajstić information content (AvgIpc) is 2.67. The van der Waals surface area contributed by atoms with Crippen LogP contribution in [-0.4, -0.2) is 62.3 Å². The Bertz CT molecular complexity index is 1140. The molecule has 1 aromatic heterocycles. The number of methoxy groups -OCH3 is 1. The molecule has 0 bridgehead atoms. The SMILES string of the molecule is COc1cc(Cl)ncc1NC(=O)C1(c2ccccc2C(C)C)CN(C(=O)CS(C)(=O)=O)C1. The van der Waals surface area contributed by atoms with E-state index >= 15 is 0 Å². The van der Waals surface area contributed by atoms with E-state index in [9.17, 15) is 18.0 Å². The number of hydrogen-bond donors (Lipinski definition) is 1. The number of sulfone groups is 1. The Kier molecular flexibility index (Phi) is 6.80. The third kappa shape index (κ3) is 4.88. The quantitative estimate of drug-likeness (QED) is 0.612. The Morgan fingerprint density at radius 1 is 1.28 bits per heavy atom. The molecule has 1 aliphatic rings. The molecule has 172 valence electrons. The maximum atomic E-state index is 13.6. The van der Waals surface area contributed by atoms with Crippen molar-refractivity contribution in [1.29, 1.82) is 0 Å². The predicted molar refractivity (Wildman–Crippen MR) is 123 cm³/mol. The molecule has 2 aromatic rings. The third-order valence-corrected chi connectivity index (χ3v) is 6.47. The molecular weight excluding hydrogens is 454 g/mol. The van der Waals surface area contributed by atoms with Crippen molar-refractivity contribution in [3.63, 3.8) is 0 Å². The number of anilines is 1. The normalized spacial score (nSPS) is 15.2. The van der Waals surface area contributed by atoms with Crippen molar-refractivity contribution in [3.05, 3.63) is 52.8 Å². The van der Waals surface area contributed by atoms with E-state index in [-0.39, 0.29) is 30.1 Å². The lowest BCUT2D eigenvalue weighted by Crippen LogP contribution is -2.67. The van der Waals surface area contributed by atoms with E-state index < -0.39 is 26.9 Å². The van der Waals surface area contributed by atoms with Gasteiger partial charge >= 0.3 is 0 Å². The van der Waals surface area contributed by atoms with Gasteiger partial charge in [-0.15, -0.1) is 0 Å². The molecule has 32 heavy (non-hydrogen) atoms. The number of aromatic nitrogens is 1. The highest BCUT2D eigenvalue weighted by molar-refractivity contribution is 7.91. The summed E-state index contributed by atoms with van der Waals surface area (Å²) in [5.41, 5.74) is 1.10. The van der Waals surface area contributed by atoms with Gasteiger partial charge < -0.3 is 15.0 Å². The lowest BCUT2D eigenvalue weighted by Gasteiger charge is -2.50. The van der Waals surface area contributed by atoms with Gasteiger partial charge in [0, 0.05) is 25.4 Å². The summed E-state index contributed by atoms with van der Waals surface area (Å²) in [4.78, 5) is 31.5. The lowest BCUT2D eigenvalue weighted by atomic mass is 9.69. The maximum absolute atomic E-state index is 13.6. The van der Waals surface area contributed by atoms with Crippen LogP contribution in [0.4, 0.5) is 5.69 Å². The second-order valence-electron chi connectivity index (χ2n) is 8.31. The summed E-state index contributed by atoms with van der Waals surface area (Å²) in [5, 5.41) is 3.09. The van der Waals surface area contributed by atoms with E-state index in [4.69, 9.17) is 16.3 Å². The monoisotopic (exact) mass is 479 g/mol. The first-order chi connectivity index (χ1) is 15.0. The van der Waals surface area contributed by atoms with Gasteiger partial charge in [-0.25, -0.2) is 13.4 Å². The molecule has 0 aliphatic carbocycles. The fourth-order valence-corrected chi connectivity index (χ4v) is 4.67. The zero-order valence-electron chi connectivity index (χ0n) is 18.4. The molecule has 10 heteroatoms. The molecule has 2 heterocycles. The number of nitrogens with one attached hydrogen (secondary N) is 1. The second-order valence-corrected chi connectivity index (χ2v) is 10.8. The number of hydrogen-bond acceptors (Lipinski definition) is 6. The molecule has 1 aliphatic heterocycles. The zero-order valence-corrected chi connectivity index (χ0v) is 20.0. The number of benzene rings is 1. The van der Waals surface area contributed by atoms with E-state index in [1.165, 1.54) is 24.3 Å². The molecule has 0 atom stereocenters. The van der Waals surface area contributed by atoms with Gasteiger partial charge in [-0.2, -0.15) is 0 Å². The molecule has 0 unspecified atom stereocenters. The van der Waals surface area contributed by atoms with E-state index in [0.717, 1.165) is 17.4 Å². The number of carbonyl (C=O) groups excluding carboxylic acids is 2. The fraction of sp³-hybridized carbons (Fsp3) is 0.409. The van der Waals surface area contributed by atoms with Crippen LogP contribution in [0.3, 0.4) is 0 Å². The molecule has 1 fully saturated rings. The first-order valence-electron chi connectivity index (χ1n) is 10.0. The van der Waals surface area contributed by atoms with E-state index in [2.05, 4.69) is 10.3 Å². The summed E-state index contributed by atoms with van der Waals surface area (Å²) < 4.78 is 28.5. The van der Waals surface area contributed by atoms with Gasteiger partial charge in [-0.05, 0) is 17.0 Å². The minimum absolute atomic E-state index is 0.0697. The number of pyridine rings is 1. The molecule has 0 saturated carbocycles. The topological polar surface area (TPSA) is 106 Å². The van der Waals surface area contributed by atoms with Crippen LogP contribution < -0.4 is 10.1 Å². The third-order valence-electron chi connectivity index (χ3n) is 5.49. The first-order valence-corrected chi connectivity index (χ1v) is 12.5. The molecule has 2 amide bonds. The van der Waals surface area contributed by atoms with E-state index in [0.29, 0.717) is 11.4 Å². The molecule has 0 radical (unpaired) electrons. The van der Waals surface area contributed by atoms with Crippen molar-refractivity contribution in [3.8, 4) is 5.75 Å². The number of halogens is 1. The van der Waals surface area contributed by atoms with Crippen molar-refractivity contribution < 1.29 is 22.7 Å². The Morgan fingerprint density at radius 2 is 1.94 bits per heavy atom. The summed E-state index contributed by atoms with van der Waals surface area (Å²) in [6, 6.07) is 9.09. The smallest absolute Gasteiger partial charge is 0.238 e. The van der Waals surface area contributed by atoms with Crippen molar-refractivity contribution >= 4 is 38.9 Å². The molecule has 1 saturated heterocycles. The Labute approximate surface area is 192 Å². The highest BCUT2D eigenvalue weighted by atomic mass is 35.5. The Morgan fingerprint density at radius 3 is 2.53 bits per heavy atom. The van der Waals surface area contributed by atoms with Crippen molar-refractivity contribution in [1.82, 2.24) is 9.88 Å². The minimum atomic E-state index is -3.48. The number of rotatable bonds is 7. The van der Waals surface area contributed by atoms with Crippen LogP contribution in [0.1, 0.15) is 30.9 Å². The zero-order chi connectivity index (χ0) is 23.7. The highest BCUT2D eigenvalue weighted by Crippen LogP contribution is 2.40. The van der Waals surface area contributed by atoms with Crippen LogP contribution in [0, 0.1) is 0 Å². The van der Waals surface area contributed by atoms with Gasteiger partial charge in [-0.1, -0.05) is 49.7 Å². The molecule has 1 aromatic carbocycles. The number of likely N-dealkylation sites (tertiary alicyclic amines) is 1. The molecule has 0 spiro atoms. The van der Waals surface area contributed by atoms with Crippen LogP contribution in [0.2, 0.25) is 5.15 Å². The molecular formula is C22H26ClN3O5S. The fourth-order valence-electron chi connectivity index (χ4n) is 3.89. The van der Waals surface area contributed by atoms with Gasteiger partial charge in [0.05, 0.1) is 13.3 Å². The van der Waals surface area contributed by atoms with Crippen LogP contribution in [0.15, 0.2) is 36.5 Å². The van der Waals surface area contributed by atoms with E-state index in [1.54, 1.807) is 0 Å². The largest absolute Gasteiger partial charge is 0.494 e.